The highest BCUT2D eigenvalue weighted by atomic mass is 16.3. The Kier molecular flexibility index (Phi) is 2.85. The number of aliphatic hydroxyl groups excluding tert-OH is 1. The van der Waals surface area contributed by atoms with E-state index in [1.54, 1.807) is 0 Å². The number of hydrogen-bond donors (Lipinski definition) is 1. The molecule has 2 atom stereocenters. The molecule has 1 aromatic carbocycles. The smallest absolute Gasteiger partial charge is 0.0472 e. The molecule has 0 bridgehead atoms. The number of hydrogen-bond acceptors (Lipinski definition) is 2. The molecule has 0 aromatic heterocycles. The fraction of sp³-hybridized carbons (Fsp3) is 0.500. The van der Waals surface area contributed by atoms with Gasteiger partial charge >= 0.3 is 0 Å². The predicted molar refractivity (Wildman–Crippen MR) is 57.0 cm³/mol. The maximum atomic E-state index is 9.12. The third-order valence-electron chi connectivity index (χ3n) is 3.08. The Morgan fingerprint density at radius 3 is 2.64 bits per heavy atom. The summed E-state index contributed by atoms with van der Waals surface area (Å²) in [5, 5.41) is 9.12. The largest absolute Gasteiger partial charge is 0.396 e. The molecule has 2 nitrogen and oxygen atoms in total. The molecule has 0 amide bonds. The lowest BCUT2D eigenvalue weighted by atomic mass is 10.0. The molecule has 1 fully saturated rings. The van der Waals surface area contributed by atoms with Crippen LogP contribution in [0.1, 0.15) is 18.0 Å². The van der Waals surface area contributed by atoms with Crippen molar-refractivity contribution in [3.05, 3.63) is 35.9 Å². The topological polar surface area (TPSA) is 23.5 Å². The standard InChI is InChI=1S/C12H17NO/c1-13-8-10(9-14)7-12(13)11-5-3-2-4-6-11/h2-6,10,12,14H,7-9H2,1H3/t10-,12+/m1/s1. The van der Waals surface area contributed by atoms with E-state index in [0.29, 0.717) is 18.6 Å². The Morgan fingerprint density at radius 2 is 2.07 bits per heavy atom. The molecule has 14 heavy (non-hydrogen) atoms. The quantitative estimate of drug-likeness (QED) is 0.768. The summed E-state index contributed by atoms with van der Waals surface area (Å²) in [6.07, 6.45) is 1.08. The van der Waals surface area contributed by atoms with Gasteiger partial charge in [-0.25, -0.2) is 0 Å². The van der Waals surface area contributed by atoms with Crippen LogP contribution in [0.2, 0.25) is 0 Å². The zero-order valence-corrected chi connectivity index (χ0v) is 8.56. The second-order valence-corrected chi connectivity index (χ2v) is 4.15. The van der Waals surface area contributed by atoms with Gasteiger partial charge in [0, 0.05) is 19.2 Å². The molecule has 1 aromatic rings. The molecule has 1 saturated heterocycles. The SMILES string of the molecule is CN1C[C@H](CO)C[C@H]1c1ccccc1. The van der Waals surface area contributed by atoms with E-state index in [0.717, 1.165) is 13.0 Å². The fourth-order valence-corrected chi connectivity index (χ4v) is 2.30. The molecule has 1 heterocycles. The zero-order chi connectivity index (χ0) is 9.97. The van der Waals surface area contributed by atoms with Crippen molar-refractivity contribution in [3.63, 3.8) is 0 Å². The Hall–Kier alpha value is -0.860. The van der Waals surface area contributed by atoms with Crippen molar-refractivity contribution < 1.29 is 5.11 Å². The maximum absolute atomic E-state index is 9.12. The molecular weight excluding hydrogens is 174 g/mol. The van der Waals surface area contributed by atoms with Crippen LogP contribution in [0.5, 0.6) is 0 Å². The normalized spacial score (nSPS) is 28.1. The van der Waals surface area contributed by atoms with E-state index in [-0.39, 0.29) is 0 Å². The minimum Gasteiger partial charge on any atom is -0.396 e. The summed E-state index contributed by atoms with van der Waals surface area (Å²) >= 11 is 0. The van der Waals surface area contributed by atoms with E-state index in [4.69, 9.17) is 5.11 Å². The average molecular weight is 191 g/mol. The van der Waals surface area contributed by atoms with Crippen LogP contribution in [-0.4, -0.2) is 30.2 Å². The van der Waals surface area contributed by atoms with Gasteiger partial charge in [0.2, 0.25) is 0 Å². The van der Waals surface area contributed by atoms with Gasteiger partial charge in [-0.1, -0.05) is 30.3 Å². The molecule has 1 aliphatic rings. The van der Waals surface area contributed by atoms with Crippen molar-refractivity contribution >= 4 is 0 Å². The second-order valence-electron chi connectivity index (χ2n) is 4.15. The summed E-state index contributed by atoms with van der Waals surface area (Å²) in [7, 11) is 2.13. The lowest BCUT2D eigenvalue weighted by molar-refractivity contribution is 0.227. The van der Waals surface area contributed by atoms with Crippen molar-refractivity contribution in [2.75, 3.05) is 20.2 Å². The lowest BCUT2D eigenvalue weighted by Gasteiger charge is -2.19. The van der Waals surface area contributed by atoms with E-state index in [1.807, 2.05) is 6.07 Å². The number of benzene rings is 1. The first-order valence-corrected chi connectivity index (χ1v) is 5.17. The Labute approximate surface area is 85.2 Å². The number of nitrogens with zero attached hydrogens (tertiary/aromatic N) is 1. The molecular formula is C12H17NO. The first-order valence-electron chi connectivity index (χ1n) is 5.17. The second kappa shape index (κ2) is 4.11. The van der Waals surface area contributed by atoms with Gasteiger partial charge in [-0.3, -0.25) is 4.90 Å². The van der Waals surface area contributed by atoms with Gasteiger partial charge in [0.25, 0.3) is 0 Å². The Bertz CT molecular complexity index is 286. The van der Waals surface area contributed by atoms with Crippen LogP contribution in [0, 0.1) is 5.92 Å². The van der Waals surface area contributed by atoms with Gasteiger partial charge in [-0.15, -0.1) is 0 Å². The maximum Gasteiger partial charge on any atom is 0.0472 e. The monoisotopic (exact) mass is 191 g/mol. The molecule has 0 aliphatic carbocycles. The first kappa shape index (κ1) is 9.69. The van der Waals surface area contributed by atoms with Crippen LogP contribution in [0.25, 0.3) is 0 Å². The van der Waals surface area contributed by atoms with E-state index in [2.05, 4.69) is 36.2 Å². The van der Waals surface area contributed by atoms with E-state index in [9.17, 15) is 0 Å². The molecule has 2 rings (SSSR count). The van der Waals surface area contributed by atoms with E-state index >= 15 is 0 Å². The van der Waals surface area contributed by atoms with Gasteiger partial charge in [-0.2, -0.15) is 0 Å². The van der Waals surface area contributed by atoms with Crippen molar-refractivity contribution in [2.24, 2.45) is 5.92 Å². The van der Waals surface area contributed by atoms with Crippen molar-refractivity contribution in [1.82, 2.24) is 4.90 Å². The van der Waals surface area contributed by atoms with E-state index < -0.39 is 0 Å². The highest BCUT2D eigenvalue weighted by molar-refractivity contribution is 5.20. The molecule has 0 spiro atoms. The molecule has 0 unspecified atom stereocenters. The van der Waals surface area contributed by atoms with Gasteiger partial charge in [0.1, 0.15) is 0 Å². The predicted octanol–water partition coefficient (Wildman–Crippen LogP) is 1.67. The summed E-state index contributed by atoms with van der Waals surface area (Å²) in [6, 6.07) is 11.0. The summed E-state index contributed by atoms with van der Waals surface area (Å²) in [6.45, 7) is 1.32. The van der Waals surface area contributed by atoms with Gasteiger partial charge in [0.15, 0.2) is 0 Å². The van der Waals surface area contributed by atoms with Crippen LogP contribution < -0.4 is 0 Å². The fourth-order valence-electron chi connectivity index (χ4n) is 2.30. The molecule has 0 saturated carbocycles. The van der Waals surface area contributed by atoms with E-state index in [1.165, 1.54) is 5.56 Å². The third-order valence-corrected chi connectivity index (χ3v) is 3.08. The zero-order valence-electron chi connectivity index (χ0n) is 8.56. The summed E-state index contributed by atoms with van der Waals surface area (Å²) in [5.41, 5.74) is 1.37. The van der Waals surface area contributed by atoms with Crippen molar-refractivity contribution in [3.8, 4) is 0 Å². The average Bonchev–Trinajstić information content (AvgIpc) is 2.61. The van der Waals surface area contributed by atoms with Gasteiger partial charge in [0.05, 0.1) is 0 Å². The first-order chi connectivity index (χ1) is 6.81. The summed E-state index contributed by atoms with van der Waals surface area (Å²) < 4.78 is 0. The van der Waals surface area contributed by atoms with Gasteiger partial charge in [-0.05, 0) is 24.9 Å². The molecule has 1 N–H and O–H groups in total. The van der Waals surface area contributed by atoms with Crippen molar-refractivity contribution in [2.45, 2.75) is 12.5 Å². The summed E-state index contributed by atoms with van der Waals surface area (Å²) in [5.74, 6) is 0.449. The van der Waals surface area contributed by atoms with Crippen LogP contribution in [0.15, 0.2) is 30.3 Å². The Morgan fingerprint density at radius 1 is 1.36 bits per heavy atom. The number of aliphatic hydroxyl groups is 1. The van der Waals surface area contributed by atoms with Crippen LogP contribution in [-0.2, 0) is 0 Å². The number of likely N-dealkylation sites (tertiary alicyclic amines) is 1. The third kappa shape index (κ3) is 1.81. The van der Waals surface area contributed by atoms with Crippen LogP contribution >= 0.6 is 0 Å². The van der Waals surface area contributed by atoms with Gasteiger partial charge < -0.3 is 5.11 Å². The summed E-state index contributed by atoms with van der Waals surface area (Å²) in [4.78, 5) is 2.33. The lowest BCUT2D eigenvalue weighted by Crippen LogP contribution is -2.18. The molecule has 76 valence electrons. The molecule has 1 aliphatic heterocycles. The minimum absolute atomic E-state index is 0.313. The highest BCUT2D eigenvalue weighted by Crippen LogP contribution is 2.33. The van der Waals surface area contributed by atoms with Crippen LogP contribution in [0.3, 0.4) is 0 Å². The molecule has 0 radical (unpaired) electrons. The highest BCUT2D eigenvalue weighted by Gasteiger charge is 2.29. The van der Waals surface area contributed by atoms with Crippen molar-refractivity contribution in [1.29, 1.82) is 0 Å². The number of rotatable bonds is 2. The molecule has 2 heteroatoms. The Balaban J connectivity index is 2.13. The van der Waals surface area contributed by atoms with Crippen LogP contribution in [0.4, 0.5) is 0 Å². The minimum atomic E-state index is 0.313.